The van der Waals surface area contributed by atoms with Gasteiger partial charge in [-0.1, -0.05) is 18.2 Å². The molecule has 1 aliphatic heterocycles. The molecule has 0 amide bonds. The van der Waals surface area contributed by atoms with Gasteiger partial charge in [0, 0.05) is 32.2 Å². The minimum atomic E-state index is 0.134. The zero-order chi connectivity index (χ0) is 11.7. The van der Waals surface area contributed by atoms with E-state index in [2.05, 4.69) is 9.80 Å². The van der Waals surface area contributed by atoms with Gasteiger partial charge in [0.15, 0.2) is 0 Å². The Labute approximate surface area is 102 Å². The number of piperazine rings is 1. The molecule has 1 aromatic rings. The van der Waals surface area contributed by atoms with Gasteiger partial charge < -0.3 is 4.90 Å². The molecule has 0 radical (unpaired) electrons. The minimum absolute atomic E-state index is 0.134. The van der Waals surface area contributed by atoms with E-state index in [1.165, 1.54) is 12.8 Å². The van der Waals surface area contributed by atoms with Crippen LogP contribution in [-0.4, -0.2) is 37.1 Å². The van der Waals surface area contributed by atoms with E-state index in [1.807, 2.05) is 24.3 Å². The molecule has 3 rings (SSSR count). The first-order chi connectivity index (χ1) is 8.34. The van der Waals surface area contributed by atoms with Crippen molar-refractivity contribution in [2.75, 3.05) is 31.1 Å². The van der Waals surface area contributed by atoms with Crippen LogP contribution in [0.1, 0.15) is 12.8 Å². The molecule has 90 valence electrons. The molecule has 0 spiro atoms. The van der Waals surface area contributed by atoms with Crippen molar-refractivity contribution in [1.29, 1.82) is 0 Å². The number of anilines is 1. The second-order valence-electron chi connectivity index (χ2n) is 4.91. The van der Waals surface area contributed by atoms with Crippen LogP contribution in [0.4, 0.5) is 5.69 Å². The summed E-state index contributed by atoms with van der Waals surface area (Å²) in [5, 5.41) is 0. The van der Waals surface area contributed by atoms with Crippen LogP contribution in [0.5, 0.6) is 0 Å². The zero-order valence-electron chi connectivity index (χ0n) is 10.0. The summed E-state index contributed by atoms with van der Waals surface area (Å²) in [5.41, 5.74) is 0.986. The van der Waals surface area contributed by atoms with Crippen LogP contribution < -0.4 is 10.3 Å². The highest BCUT2D eigenvalue weighted by Gasteiger charge is 2.31. The van der Waals surface area contributed by atoms with E-state index in [1.54, 1.807) is 6.07 Å². The molecule has 2 fully saturated rings. The normalized spacial score (nSPS) is 21.5. The molecule has 1 aliphatic carbocycles. The molecular formula is C14H18N2O. The Morgan fingerprint density at radius 1 is 0.941 bits per heavy atom. The smallest absolute Gasteiger partial charge is 0.201 e. The zero-order valence-corrected chi connectivity index (χ0v) is 10.0. The van der Waals surface area contributed by atoms with E-state index in [0.29, 0.717) is 0 Å². The molecule has 3 nitrogen and oxygen atoms in total. The van der Waals surface area contributed by atoms with Gasteiger partial charge in [0.25, 0.3) is 0 Å². The summed E-state index contributed by atoms with van der Waals surface area (Å²) in [4.78, 5) is 16.7. The summed E-state index contributed by atoms with van der Waals surface area (Å²) < 4.78 is 0. The van der Waals surface area contributed by atoms with Crippen LogP contribution in [0.15, 0.2) is 35.1 Å². The first-order valence-corrected chi connectivity index (χ1v) is 6.43. The lowest BCUT2D eigenvalue weighted by Gasteiger charge is -2.35. The van der Waals surface area contributed by atoms with E-state index < -0.39 is 0 Å². The third kappa shape index (κ3) is 2.34. The summed E-state index contributed by atoms with van der Waals surface area (Å²) in [7, 11) is 0. The summed E-state index contributed by atoms with van der Waals surface area (Å²) in [6.45, 7) is 4.16. The van der Waals surface area contributed by atoms with Gasteiger partial charge in [-0.15, -0.1) is 0 Å². The number of nitrogens with zero attached hydrogens (tertiary/aromatic N) is 2. The van der Waals surface area contributed by atoms with Gasteiger partial charge in [-0.2, -0.15) is 0 Å². The molecule has 1 aromatic carbocycles. The Hall–Kier alpha value is -1.35. The highest BCUT2D eigenvalue weighted by molar-refractivity contribution is 5.45. The van der Waals surface area contributed by atoms with Gasteiger partial charge in [0.1, 0.15) is 0 Å². The molecule has 1 saturated heterocycles. The maximum absolute atomic E-state index is 11.9. The predicted molar refractivity (Wildman–Crippen MR) is 69.5 cm³/mol. The van der Waals surface area contributed by atoms with Gasteiger partial charge in [-0.25, -0.2) is 0 Å². The highest BCUT2D eigenvalue weighted by atomic mass is 16.1. The van der Waals surface area contributed by atoms with Crippen molar-refractivity contribution < 1.29 is 0 Å². The Morgan fingerprint density at radius 3 is 2.35 bits per heavy atom. The largest absolute Gasteiger partial charge is 0.366 e. The molecule has 1 saturated carbocycles. The molecule has 0 unspecified atom stereocenters. The molecule has 0 N–H and O–H groups in total. The van der Waals surface area contributed by atoms with Gasteiger partial charge in [-0.05, 0) is 25.0 Å². The topological polar surface area (TPSA) is 23.6 Å². The molecule has 17 heavy (non-hydrogen) atoms. The first kappa shape index (κ1) is 10.8. The van der Waals surface area contributed by atoms with E-state index in [9.17, 15) is 4.79 Å². The Morgan fingerprint density at radius 2 is 1.65 bits per heavy atom. The van der Waals surface area contributed by atoms with Crippen molar-refractivity contribution in [3.63, 3.8) is 0 Å². The van der Waals surface area contributed by atoms with Crippen LogP contribution >= 0.6 is 0 Å². The maximum Gasteiger partial charge on any atom is 0.201 e. The van der Waals surface area contributed by atoms with Crippen molar-refractivity contribution in [3.8, 4) is 0 Å². The van der Waals surface area contributed by atoms with E-state index in [4.69, 9.17) is 0 Å². The van der Waals surface area contributed by atoms with Gasteiger partial charge in [0.05, 0.1) is 5.69 Å². The standard InChI is InChI=1S/C14H18N2O/c17-14-5-3-1-2-4-13(14)16-10-8-15(9-11-16)12-6-7-12/h1-5,12H,6-11H2. The average Bonchev–Trinajstić information content (AvgIpc) is 3.17. The molecule has 1 heterocycles. The molecule has 3 heteroatoms. The van der Waals surface area contributed by atoms with Gasteiger partial charge >= 0.3 is 0 Å². The number of rotatable bonds is 2. The molecule has 2 aliphatic rings. The van der Waals surface area contributed by atoms with Crippen molar-refractivity contribution in [2.24, 2.45) is 0 Å². The van der Waals surface area contributed by atoms with Gasteiger partial charge in [0.2, 0.25) is 5.43 Å². The Bertz CT molecular complexity index is 448. The third-order valence-corrected chi connectivity index (χ3v) is 3.69. The van der Waals surface area contributed by atoms with E-state index >= 15 is 0 Å². The first-order valence-electron chi connectivity index (χ1n) is 6.43. The molecule has 0 atom stereocenters. The van der Waals surface area contributed by atoms with Crippen LogP contribution in [0.2, 0.25) is 0 Å². The average molecular weight is 230 g/mol. The Balaban J connectivity index is 1.73. The summed E-state index contributed by atoms with van der Waals surface area (Å²) in [6.07, 6.45) is 2.74. The molecule has 0 bridgehead atoms. The lowest BCUT2D eigenvalue weighted by Crippen LogP contribution is -2.48. The SMILES string of the molecule is O=c1cccccc1N1CCN(C2CC2)CC1. The Kier molecular flexibility index (Phi) is 2.85. The van der Waals surface area contributed by atoms with Gasteiger partial charge in [-0.3, -0.25) is 9.69 Å². The lowest BCUT2D eigenvalue weighted by molar-refractivity contribution is 0.248. The predicted octanol–water partition coefficient (Wildman–Crippen LogP) is 1.33. The summed E-state index contributed by atoms with van der Waals surface area (Å²) in [5.74, 6) is 0. The molecule has 0 aromatic heterocycles. The van der Waals surface area contributed by atoms with Crippen LogP contribution in [0, 0.1) is 0 Å². The van der Waals surface area contributed by atoms with Crippen LogP contribution in [0.25, 0.3) is 0 Å². The summed E-state index contributed by atoms with van der Waals surface area (Å²) in [6, 6.07) is 10.1. The maximum atomic E-state index is 11.9. The fourth-order valence-electron chi connectivity index (χ4n) is 2.55. The quantitative estimate of drug-likeness (QED) is 0.766. The van der Waals surface area contributed by atoms with Crippen molar-refractivity contribution in [2.45, 2.75) is 18.9 Å². The van der Waals surface area contributed by atoms with Crippen LogP contribution in [0.3, 0.4) is 0 Å². The van der Waals surface area contributed by atoms with E-state index in [-0.39, 0.29) is 5.43 Å². The van der Waals surface area contributed by atoms with Crippen molar-refractivity contribution in [1.82, 2.24) is 4.90 Å². The van der Waals surface area contributed by atoms with Crippen LogP contribution in [-0.2, 0) is 0 Å². The monoisotopic (exact) mass is 230 g/mol. The van der Waals surface area contributed by atoms with E-state index in [0.717, 1.165) is 37.9 Å². The third-order valence-electron chi connectivity index (χ3n) is 3.69. The highest BCUT2D eigenvalue weighted by Crippen LogP contribution is 2.27. The second kappa shape index (κ2) is 4.49. The summed E-state index contributed by atoms with van der Waals surface area (Å²) >= 11 is 0. The fourth-order valence-corrected chi connectivity index (χ4v) is 2.55. The van der Waals surface area contributed by atoms with Crippen molar-refractivity contribution >= 4 is 5.69 Å². The number of hydrogen-bond donors (Lipinski definition) is 0. The lowest BCUT2D eigenvalue weighted by atomic mass is 10.2. The number of hydrogen-bond acceptors (Lipinski definition) is 3. The second-order valence-corrected chi connectivity index (χ2v) is 4.91. The van der Waals surface area contributed by atoms with Crippen molar-refractivity contribution in [3.05, 3.63) is 40.6 Å². The molecular weight excluding hydrogens is 212 g/mol. The fraction of sp³-hybridized carbons (Fsp3) is 0.500. The minimum Gasteiger partial charge on any atom is -0.366 e.